The summed E-state index contributed by atoms with van der Waals surface area (Å²) in [6, 6.07) is 8.29. The second kappa shape index (κ2) is 6.40. The summed E-state index contributed by atoms with van der Waals surface area (Å²) < 4.78 is 0. The van der Waals surface area contributed by atoms with Gasteiger partial charge in [0.25, 0.3) is 5.91 Å². The van der Waals surface area contributed by atoms with Crippen LogP contribution in [0.25, 0.3) is 0 Å². The Morgan fingerprint density at radius 1 is 1.42 bits per heavy atom. The first-order valence-corrected chi connectivity index (χ1v) is 7.29. The minimum absolute atomic E-state index is 0.0166. The van der Waals surface area contributed by atoms with Crippen molar-refractivity contribution in [2.45, 2.75) is 37.7 Å². The average molecular weight is 281 g/mol. The van der Waals surface area contributed by atoms with E-state index in [0.717, 1.165) is 24.9 Å². The highest BCUT2D eigenvalue weighted by atomic mass is 35.5. The Balaban J connectivity index is 1.93. The summed E-state index contributed by atoms with van der Waals surface area (Å²) in [6.07, 6.45) is 2.04. The van der Waals surface area contributed by atoms with Gasteiger partial charge in [-0.25, -0.2) is 0 Å². The standard InChI is InChI=1S/C15H21ClN2O/c1-11-9-14(7-8-18(11)2)17-15(19)13-5-3-12(10-16)4-6-13/h3-6,11,14H,7-10H2,1-2H3,(H,17,19). The maximum atomic E-state index is 12.1. The molecule has 19 heavy (non-hydrogen) atoms. The lowest BCUT2D eigenvalue weighted by Crippen LogP contribution is -2.47. The van der Waals surface area contributed by atoms with Crippen LogP contribution in [0.2, 0.25) is 0 Å². The molecule has 4 heteroatoms. The van der Waals surface area contributed by atoms with Crippen LogP contribution in [0.15, 0.2) is 24.3 Å². The molecule has 104 valence electrons. The highest BCUT2D eigenvalue weighted by Crippen LogP contribution is 2.16. The number of likely N-dealkylation sites (tertiary alicyclic amines) is 1. The van der Waals surface area contributed by atoms with Crippen molar-refractivity contribution < 1.29 is 4.79 Å². The molecule has 0 bridgehead atoms. The molecule has 0 saturated carbocycles. The van der Waals surface area contributed by atoms with Crippen molar-refractivity contribution >= 4 is 17.5 Å². The van der Waals surface area contributed by atoms with Gasteiger partial charge in [0.05, 0.1) is 0 Å². The number of nitrogens with zero attached hydrogens (tertiary/aromatic N) is 1. The third-order valence-electron chi connectivity index (χ3n) is 3.91. The molecule has 1 fully saturated rings. The Kier molecular flexibility index (Phi) is 4.83. The first-order valence-electron chi connectivity index (χ1n) is 6.76. The maximum Gasteiger partial charge on any atom is 0.251 e. The van der Waals surface area contributed by atoms with Gasteiger partial charge in [-0.3, -0.25) is 4.79 Å². The molecule has 1 aliphatic heterocycles. The van der Waals surface area contributed by atoms with E-state index in [4.69, 9.17) is 11.6 Å². The Morgan fingerprint density at radius 2 is 2.11 bits per heavy atom. The predicted octanol–water partition coefficient (Wildman–Crippen LogP) is 2.64. The number of amides is 1. The molecule has 2 atom stereocenters. The summed E-state index contributed by atoms with van der Waals surface area (Å²) in [5.74, 6) is 0.497. The highest BCUT2D eigenvalue weighted by molar-refractivity contribution is 6.17. The van der Waals surface area contributed by atoms with Crippen LogP contribution in [0.5, 0.6) is 0 Å². The van der Waals surface area contributed by atoms with E-state index in [1.165, 1.54) is 0 Å². The predicted molar refractivity (Wildman–Crippen MR) is 78.6 cm³/mol. The fraction of sp³-hybridized carbons (Fsp3) is 0.533. The Hall–Kier alpha value is -1.06. The molecule has 1 aromatic rings. The quantitative estimate of drug-likeness (QED) is 0.864. The zero-order valence-electron chi connectivity index (χ0n) is 11.5. The third kappa shape index (κ3) is 3.71. The van der Waals surface area contributed by atoms with Gasteiger partial charge in [0.2, 0.25) is 0 Å². The first kappa shape index (κ1) is 14.4. The van der Waals surface area contributed by atoms with E-state index in [9.17, 15) is 4.79 Å². The Labute approximate surface area is 119 Å². The fourth-order valence-electron chi connectivity index (χ4n) is 2.43. The number of halogens is 1. The van der Waals surface area contributed by atoms with Gasteiger partial charge < -0.3 is 10.2 Å². The lowest BCUT2D eigenvalue weighted by Gasteiger charge is -2.35. The normalized spacial score (nSPS) is 24.2. The first-order chi connectivity index (χ1) is 9.10. The average Bonchev–Trinajstić information content (AvgIpc) is 2.43. The van der Waals surface area contributed by atoms with E-state index in [1.54, 1.807) is 0 Å². The fourth-order valence-corrected chi connectivity index (χ4v) is 2.61. The number of alkyl halides is 1. The molecule has 1 amide bonds. The van der Waals surface area contributed by atoms with Crippen molar-refractivity contribution in [2.24, 2.45) is 0 Å². The van der Waals surface area contributed by atoms with E-state index < -0.39 is 0 Å². The zero-order chi connectivity index (χ0) is 13.8. The van der Waals surface area contributed by atoms with Crippen LogP contribution in [0.1, 0.15) is 35.7 Å². The molecule has 0 aromatic heterocycles. The van der Waals surface area contributed by atoms with Crippen molar-refractivity contribution in [1.29, 1.82) is 0 Å². The van der Waals surface area contributed by atoms with E-state index in [1.807, 2.05) is 24.3 Å². The van der Waals surface area contributed by atoms with Gasteiger partial charge in [-0.1, -0.05) is 12.1 Å². The number of carbonyl (C=O) groups excluding carboxylic acids is 1. The Morgan fingerprint density at radius 3 is 2.68 bits per heavy atom. The molecule has 1 aliphatic rings. The van der Waals surface area contributed by atoms with Crippen molar-refractivity contribution in [3.63, 3.8) is 0 Å². The number of rotatable bonds is 3. The molecule has 2 rings (SSSR count). The van der Waals surface area contributed by atoms with Gasteiger partial charge in [0, 0.05) is 30.1 Å². The monoisotopic (exact) mass is 280 g/mol. The summed E-state index contributed by atoms with van der Waals surface area (Å²) in [5, 5.41) is 3.13. The number of carbonyl (C=O) groups is 1. The van der Waals surface area contributed by atoms with Gasteiger partial charge >= 0.3 is 0 Å². The molecular formula is C15H21ClN2O. The minimum atomic E-state index is 0.0166. The lowest BCUT2D eigenvalue weighted by molar-refractivity contribution is 0.0896. The number of benzene rings is 1. The summed E-state index contributed by atoms with van der Waals surface area (Å²) in [5.41, 5.74) is 1.74. The van der Waals surface area contributed by atoms with E-state index in [2.05, 4.69) is 24.2 Å². The van der Waals surface area contributed by atoms with Crippen molar-refractivity contribution in [1.82, 2.24) is 10.2 Å². The summed E-state index contributed by atoms with van der Waals surface area (Å²) in [7, 11) is 2.13. The molecule has 1 heterocycles. The van der Waals surface area contributed by atoms with Crippen molar-refractivity contribution in [3.05, 3.63) is 35.4 Å². The van der Waals surface area contributed by atoms with E-state index in [-0.39, 0.29) is 11.9 Å². The molecule has 1 aromatic carbocycles. The maximum absolute atomic E-state index is 12.1. The smallest absolute Gasteiger partial charge is 0.251 e. The molecule has 3 nitrogen and oxygen atoms in total. The van der Waals surface area contributed by atoms with Crippen LogP contribution in [0.4, 0.5) is 0 Å². The minimum Gasteiger partial charge on any atom is -0.349 e. The second-order valence-electron chi connectivity index (χ2n) is 5.35. The van der Waals surface area contributed by atoms with Crippen LogP contribution >= 0.6 is 11.6 Å². The van der Waals surface area contributed by atoms with Crippen LogP contribution in [-0.2, 0) is 5.88 Å². The van der Waals surface area contributed by atoms with Gasteiger partial charge in [-0.05, 0) is 44.5 Å². The molecular weight excluding hydrogens is 260 g/mol. The largest absolute Gasteiger partial charge is 0.349 e. The second-order valence-corrected chi connectivity index (χ2v) is 5.62. The summed E-state index contributed by atoms with van der Waals surface area (Å²) in [4.78, 5) is 14.5. The van der Waals surface area contributed by atoms with Crippen LogP contribution in [-0.4, -0.2) is 36.5 Å². The van der Waals surface area contributed by atoms with Gasteiger partial charge in [0.15, 0.2) is 0 Å². The molecule has 0 radical (unpaired) electrons. The summed E-state index contributed by atoms with van der Waals surface area (Å²) >= 11 is 5.74. The topological polar surface area (TPSA) is 32.3 Å². The number of hydrogen-bond acceptors (Lipinski definition) is 2. The molecule has 1 N–H and O–H groups in total. The molecule has 2 unspecified atom stereocenters. The van der Waals surface area contributed by atoms with Crippen LogP contribution < -0.4 is 5.32 Å². The lowest BCUT2D eigenvalue weighted by atomic mass is 9.98. The number of piperidine rings is 1. The molecule has 0 spiro atoms. The summed E-state index contributed by atoms with van der Waals surface area (Å²) in [6.45, 7) is 3.24. The SMILES string of the molecule is CC1CC(NC(=O)c2ccc(CCl)cc2)CCN1C. The number of hydrogen-bond donors (Lipinski definition) is 1. The number of nitrogens with one attached hydrogen (secondary N) is 1. The van der Waals surface area contributed by atoms with Gasteiger partial charge in [-0.2, -0.15) is 0 Å². The Bertz CT molecular complexity index is 432. The van der Waals surface area contributed by atoms with Crippen LogP contribution in [0.3, 0.4) is 0 Å². The van der Waals surface area contributed by atoms with Gasteiger partial charge in [0.1, 0.15) is 0 Å². The molecule has 0 aliphatic carbocycles. The van der Waals surface area contributed by atoms with Gasteiger partial charge in [-0.15, -0.1) is 11.6 Å². The van der Waals surface area contributed by atoms with Crippen LogP contribution in [0, 0.1) is 0 Å². The van der Waals surface area contributed by atoms with E-state index in [0.29, 0.717) is 17.5 Å². The van der Waals surface area contributed by atoms with E-state index >= 15 is 0 Å². The highest BCUT2D eigenvalue weighted by Gasteiger charge is 2.24. The van der Waals surface area contributed by atoms with Crippen molar-refractivity contribution in [2.75, 3.05) is 13.6 Å². The molecule has 1 saturated heterocycles. The zero-order valence-corrected chi connectivity index (χ0v) is 12.3. The van der Waals surface area contributed by atoms with Crippen molar-refractivity contribution in [3.8, 4) is 0 Å². The third-order valence-corrected chi connectivity index (χ3v) is 4.22.